The number of carbonyl (C=O) groups excluding carboxylic acids is 2. The normalized spacial score (nSPS) is 10.2. The zero-order chi connectivity index (χ0) is 15.7. The lowest BCUT2D eigenvalue weighted by Gasteiger charge is -2.05. The number of aromatic nitrogens is 2. The molecule has 7 nitrogen and oxygen atoms in total. The summed E-state index contributed by atoms with van der Waals surface area (Å²) in [6.07, 6.45) is 3.41. The summed E-state index contributed by atoms with van der Waals surface area (Å²) in [7, 11) is 0. The lowest BCUT2D eigenvalue weighted by Crippen LogP contribution is -2.31. The molecule has 0 aliphatic carbocycles. The summed E-state index contributed by atoms with van der Waals surface area (Å²) in [6, 6.07) is -0.304. The third kappa shape index (κ3) is 5.66. The molecule has 0 aliphatic rings. The van der Waals surface area contributed by atoms with E-state index >= 15 is 0 Å². The molecule has 0 bridgehead atoms. The minimum absolute atomic E-state index is 0.298. The summed E-state index contributed by atoms with van der Waals surface area (Å²) in [5.74, 6) is -0.432. The molecule has 118 valence electrons. The fourth-order valence-corrected chi connectivity index (χ4v) is 2.19. The summed E-state index contributed by atoms with van der Waals surface area (Å²) < 4.78 is 9.29. The van der Waals surface area contributed by atoms with Gasteiger partial charge in [-0.3, -0.25) is 9.40 Å². The molecule has 0 radical (unpaired) electrons. The average Bonchev–Trinajstić information content (AvgIpc) is 2.86. The van der Waals surface area contributed by atoms with Crippen LogP contribution >= 0.6 is 11.9 Å². The summed E-state index contributed by atoms with van der Waals surface area (Å²) in [4.78, 5) is 23.4. The standard InChI is InChI=1S/C13H22N4O3S/c1-4-7-14-13(19)16-21-11-10(12(18)20-6-3)9-17(15-11)8-5-2/h9H,4-8H2,1-3H3,(H2,14,16,19). The highest BCUT2D eigenvalue weighted by atomic mass is 32.2. The van der Waals surface area contributed by atoms with E-state index in [2.05, 4.69) is 15.1 Å². The average molecular weight is 314 g/mol. The van der Waals surface area contributed by atoms with Gasteiger partial charge in [-0.05, 0) is 19.8 Å². The van der Waals surface area contributed by atoms with Crippen LogP contribution in [0.1, 0.15) is 44.0 Å². The molecular weight excluding hydrogens is 292 g/mol. The highest BCUT2D eigenvalue weighted by Gasteiger charge is 2.18. The Morgan fingerprint density at radius 2 is 2.10 bits per heavy atom. The predicted molar refractivity (Wildman–Crippen MR) is 81.2 cm³/mol. The van der Waals surface area contributed by atoms with Crippen LogP contribution in [0.25, 0.3) is 0 Å². The van der Waals surface area contributed by atoms with Gasteiger partial charge in [0.25, 0.3) is 0 Å². The van der Waals surface area contributed by atoms with Gasteiger partial charge in [0.2, 0.25) is 0 Å². The van der Waals surface area contributed by atoms with E-state index in [1.54, 1.807) is 17.8 Å². The first-order valence-electron chi connectivity index (χ1n) is 7.07. The SMILES string of the molecule is CCCNC(=O)NSc1nn(CCC)cc1C(=O)OCC. The molecule has 8 heteroatoms. The fourth-order valence-electron chi connectivity index (χ4n) is 1.54. The van der Waals surface area contributed by atoms with Gasteiger partial charge in [0, 0.05) is 31.2 Å². The molecule has 0 fully saturated rings. The zero-order valence-corrected chi connectivity index (χ0v) is 13.5. The lowest BCUT2D eigenvalue weighted by molar-refractivity contribution is 0.0522. The van der Waals surface area contributed by atoms with Crippen molar-refractivity contribution in [3.63, 3.8) is 0 Å². The van der Waals surface area contributed by atoms with E-state index in [-0.39, 0.29) is 6.03 Å². The van der Waals surface area contributed by atoms with Crippen molar-refractivity contribution in [1.29, 1.82) is 0 Å². The molecule has 1 aromatic heterocycles. The predicted octanol–water partition coefficient (Wildman–Crippen LogP) is 2.19. The number of hydrogen-bond donors (Lipinski definition) is 2. The minimum Gasteiger partial charge on any atom is -0.462 e. The zero-order valence-electron chi connectivity index (χ0n) is 12.6. The van der Waals surface area contributed by atoms with Gasteiger partial charge in [-0.25, -0.2) is 9.59 Å². The van der Waals surface area contributed by atoms with Crippen molar-refractivity contribution in [2.75, 3.05) is 13.2 Å². The maximum absolute atomic E-state index is 11.9. The molecule has 0 aliphatic heterocycles. The van der Waals surface area contributed by atoms with E-state index in [0.29, 0.717) is 30.3 Å². The Bertz CT molecular complexity index is 476. The number of esters is 1. The van der Waals surface area contributed by atoms with Crippen molar-refractivity contribution in [3.05, 3.63) is 11.8 Å². The molecule has 1 aromatic rings. The highest BCUT2D eigenvalue weighted by molar-refractivity contribution is 7.98. The van der Waals surface area contributed by atoms with Gasteiger partial charge >= 0.3 is 12.0 Å². The van der Waals surface area contributed by atoms with Crippen molar-refractivity contribution in [2.24, 2.45) is 0 Å². The third-order valence-corrected chi connectivity index (χ3v) is 3.23. The summed E-state index contributed by atoms with van der Waals surface area (Å²) in [5, 5.41) is 7.42. The monoisotopic (exact) mass is 314 g/mol. The maximum Gasteiger partial charge on any atom is 0.342 e. The van der Waals surface area contributed by atoms with Crippen LogP contribution in [0.4, 0.5) is 4.79 Å². The van der Waals surface area contributed by atoms with Crippen LogP contribution in [0.5, 0.6) is 0 Å². The van der Waals surface area contributed by atoms with Gasteiger partial charge < -0.3 is 10.1 Å². The summed E-state index contributed by atoms with van der Waals surface area (Å²) >= 11 is 1.01. The van der Waals surface area contributed by atoms with Crippen molar-refractivity contribution < 1.29 is 14.3 Å². The first-order chi connectivity index (χ1) is 10.1. The van der Waals surface area contributed by atoms with Crippen molar-refractivity contribution in [2.45, 2.75) is 45.2 Å². The molecule has 2 amide bonds. The molecule has 21 heavy (non-hydrogen) atoms. The van der Waals surface area contributed by atoms with Gasteiger partial charge in [0.15, 0.2) is 5.03 Å². The van der Waals surface area contributed by atoms with Gasteiger partial charge in [-0.2, -0.15) is 5.10 Å². The van der Waals surface area contributed by atoms with E-state index in [1.807, 2.05) is 13.8 Å². The second-order valence-electron chi connectivity index (χ2n) is 4.29. The molecule has 1 heterocycles. The number of nitrogens with zero attached hydrogens (tertiary/aromatic N) is 2. The van der Waals surface area contributed by atoms with E-state index in [0.717, 1.165) is 24.8 Å². The number of amides is 2. The van der Waals surface area contributed by atoms with Crippen LogP contribution in [0.15, 0.2) is 11.2 Å². The minimum atomic E-state index is -0.432. The number of aryl methyl sites for hydroxylation is 1. The van der Waals surface area contributed by atoms with Crippen molar-refractivity contribution in [3.8, 4) is 0 Å². The van der Waals surface area contributed by atoms with E-state index in [4.69, 9.17) is 4.74 Å². The number of carbonyl (C=O) groups is 2. The van der Waals surface area contributed by atoms with Gasteiger partial charge in [0.05, 0.1) is 6.61 Å². The number of urea groups is 1. The van der Waals surface area contributed by atoms with Crippen LogP contribution in [-0.2, 0) is 11.3 Å². The highest BCUT2D eigenvalue weighted by Crippen LogP contribution is 2.19. The number of nitrogens with one attached hydrogen (secondary N) is 2. The van der Waals surface area contributed by atoms with Crippen LogP contribution < -0.4 is 10.0 Å². The van der Waals surface area contributed by atoms with Gasteiger partial charge in [-0.1, -0.05) is 13.8 Å². The van der Waals surface area contributed by atoms with E-state index in [9.17, 15) is 9.59 Å². The molecular formula is C13H22N4O3S. The Hall–Kier alpha value is -1.70. The Balaban J connectivity index is 2.73. The second-order valence-corrected chi connectivity index (χ2v) is 5.09. The lowest BCUT2D eigenvalue weighted by atomic mass is 10.4. The summed E-state index contributed by atoms with van der Waals surface area (Å²) in [5.41, 5.74) is 0.367. The number of rotatable bonds is 8. The van der Waals surface area contributed by atoms with E-state index in [1.165, 1.54) is 0 Å². The largest absolute Gasteiger partial charge is 0.462 e. The third-order valence-electron chi connectivity index (χ3n) is 2.45. The van der Waals surface area contributed by atoms with Crippen LogP contribution in [0, 0.1) is 0 Å². The van der Waals surface area contributed by atoms with Gasteiger partial charge in [0.1, 0.15) is 5.56 Å². The molecule has 0 spiro atoms. The molecule has 0 saturated carbocycles. The molecule has 0 atom stereocenters. The second kappa shape index (κ2) is 9.28. The Labute approximate surface area is 128 Å². The molecule has 0 unspecified atom stereocenters. The number of hydrogen-bond acceptors (Lipinski definition) is 5. The fraction of sp³-hybridized carbons (Fsp3) is 0.615. The van der Waals surface area contributed by atoms with Crippen LogP contribution in [0.3, 0.4) is 0 Å². The van der Waals surface area contributed by atoms with Gasteiger partial charge in [-0.15, -0.1) is 0 Å². The first-order valence-corrected chi connectivity index (χ1v) is 7.89. The van der Waals surface area contributed by atoms with Crippen molar-refractivity contribution >= 4 is 23.9 Å². The van der Waals surface area contributed by atoms with E-state index < -0.39 is 5.97 Å². The Morgan fingerprint density at radius 3 is 2.71 bits per heavy atom. The number of ether oxygens (including phenoxy) is 1. The smallest absolute Gasteiger partial charge is 0.342 e. The maximum atomic E-state index is 11.9. The Morgan fingerprint density at radius 1 is 1.33 bits per heavy atom. The quantitative estimate of drug-likeness (QED) is 0.567. The molecule has 1 rings (SSSR count). The Kier molecular flexibility index (Phi) is 7.66. The van der Waals surface area contributed by atoms with Crippen molar-refractivity contribution in [1.82, 2.24) is 19.8 Å². The topological polar surface area (TPSA) is 85.3 Å². The molecule has 0 saturated heterocycles. The molecule has 2 N–H and O–H groups in total. The first kappa shape index (κ1) is 17.4. The van der Waals surface area contributed by atoms with Crippen LogP contribution in [-0.4, -0.2) is 34.9 Å². The molecule has 0 aromatic carbocycles. The van der Waals surface area contributed by atoms with Crippen LogP contribution in [0.2, 0.25) is 0 Å². The summed E-state index contributed by atoms with van der Waals surface area (Å²) in [6.45, 7) is 7.34.